The van der Waals surface area contributed by atoms with Gasteiger partial charge in [-0.05, 0) is 17.7 Å². The number of methoxy groups -OCH3 is 1. The molecule has 27 heavy (non-hydrogen) atoms. The summed E-state index contributed by atoms with van der Waals surface area (Å²) >= 11 is 0. The maximum absolute atomic E-state index is 12.6. The highest BCUT2D eigenvalue weighted by atomic mass is 16.5. The van der Waals surface area contributed by atoms with E-state index in [0.717, 1.165) is 55.2 Å². The lowest BCUT2D eigenvalue weighted by Gasteiger charge is -2.34. The Morgan fingerprint density at radius 2 is 2.00 bits per heavy atom. The molecular weight excluding hydrogens is 342 g/mol. The smallest absolute Gasteiger partial charge is 0.227 e. The molecule has 0 radical (unpaired) electrons. The largest absolute Gasteiger partial charge is 0.497 e. The van der Waals surface area contributed by atoms with E-state index in [1.165, 1.54) is 0 Å². The molecule has 0 unspecified atom stereocenters. The van der Waals surface area contributed by atoms with Gasteiger partial charge in [-0.3, -0.25) is 9.69 Å². The summed E-state index contributed by atoms with van der Waals surface area (Å²) in [7, 11) is 1.64. The maximum atomic E-state index is 12.6. The summed E-state index contributed by atoms with van der Waals surface area (Å²) in [6.07, 6.45) is 6.08. The van der Waals surface area contributed by atoms with Gasteiger partial charge in [-0.15, -0.1) is 0 Å². The van der Waals surface area contributed by atoms with Gasteiger partial charge in [0.05, 0.1) is 19.7 Å². The quantitative estimate of drug-likeness (QED) is 0.688. The number of amides is 1. The van der Waals surface area contributed by atoms with Gasteiger partial charge in [0, 0.05) is 56.7 Å². The summed E-state index contributed by atoms with van der Waals surface area (Å²) in [6.45, 7) is 4.04. The summed E-state index contributed by atoms with van der Waals surface area (Å²) in [6, 6.07) is 9.59. The SMILES string of the molecule is COc1cccc(CC(=O)N2CCN(Cc3cnc4ccnn4c3)CC2)c1. The molecule has 7 nitrogen and oxygen atoms in total. The van der Waals surface area contributed by atoms with Crippen LogP contribution in [0, 0.1) is 0 Å². The van der Waals surface area contributed by atoms with Crippen molar-refractivity contribution in [3.05, 3.63) is 60.0 Å². The Kier molecular flexibility index (Phi) is 5.02. The molecule has 140 valence electrons. The number of aromatic nitrogens is 3. The molecule has 3 heterocycles. The third-order valence-corrected chi connectivity index (χ3v) is 4.92. The van der Waals surface area contributed by atoms with E-state index >= 15 is 0 Å². The second-order valence-corrected chi connectivity index (χ2v) is 6.78. The van der Waals surface area contributed by atoms with Gasteiger partial charge >= 0.3 is 0 Å². The fraction of sp³-hybridized carbons (Fsp3) is 0.350. The van der Waals surface area contributed by atoms with Gasteiger partial charge in [-0.25, -0.2) is 9.50 Å². The molecule has 0 aliphatic carbocycles. The Bertz CT molecular complexity index is 931. The van der Waals surface area contributed by atoms with Gasteiger partial charge in [0.15, 0.2) is 5.65 Å². The number of piperazine rings is 1. The van der Waals surface area contributed by atoms with Crippen molar-refractivity contribution in [1.29, 1.82) is 0 Å². The number of nitrogens with zero attached hydrogens (tertiary/aromatic N) is 5. The molecule has 0 N–H and O–H groups in total. The second kappa shape index (κ2) is 7.75. The van der Waals surface area contributed by atoms with Crippen LogP contribution in [0.5, 0.6) is 5.75 Å². The summed E-state index contributed by atoms with van der Waals surface area (Å²) in [5, 5.41) is 4.23. The van der Waals surface area contributed by atoms with Crippen molar-refractivity contribution in [1.82, 2.24) is 24.4 Å². The molecule has 3 aromatic rings. The Balaban J connectivity index is 1.30. The van der Waals surface area contributed by atoms with Gasteiger partial charge in [-0.2, -0.15) is 5.10 Å². The van der Waals surface area contributed by atoms with Crippen LogP contribution in [0.1, 0.15) is 11.1 Å². The van der Waals surface area contributed by atoms with Crippen molar-refractivity contribution < 1.29 is 9.53 Å². The van der Waals surface area contributed by atoms with E-state index in [4.69, 9.17) is 4.74 Å². The van der Waals surface area contributed by atoms with E-state index in [1.54, 1.807) is 17.8 Å². The van der Waals surface area contributed by atoms with Crippen molar-refractivity contribution in [3.8, 4) is 5.75 Å². The number of rotatable bonds is 5. The van der Waals surface area contributed by atoms with Crippen LogP contribution in [0.25, 0.3) is 5.65 Å². The molecule has 1 saturated heterocycles. The molecule has 2 aromatic heterocycles. The maximum Gasteiger partial charge on any atom is 0.227 e. The van der Waals surface area contributed by atoms with Crippen molar-refractivity contribution in [2.75, 3.05) is 33.3 Å². The molecule has 1 aliphatic rings. The summed E-state index contributed by atoms with van der Waals surface area (Å²) in [5.74, 6) is 0.954. The zero-order valence-corrected chi connectivity index (χ0v) is 15.4. The number of ether oxygens (including phenoxy) is 1. The summed E-state index contributed by atoms with van der Waals surface area (Å²) in [4.78, 5) is 21.3. The molecule has 0 bridgehead atoms. The van der Waals surface area contributed by atoms with Crippen molar-refractivity contribution in [3.63, 3.8) is 0 Å². The minimum Gasteiger partial charge on any atom is -0.497 e. The first-order valence-corrected chi connectivity index (χ1v) is 9.12. The highest BCUT2D eigenvalue weighted by Crippen LogP contribution is 2.15. The van der Waals surface area contributed by atoms with Crippen LogP contribution in [0.15, 0.2) is 48.9 Å². The Labute approximate surface area is 158 Å². The third kappa shape index (κ3) is 4.09. The molecule has 1 amide bonds. The zero-order chi connectivity index (χ0) is 18.6. The molecule has 1 aliphatic heterocycles. The predicted molar refractivity (Wildman–Crippen MR) is 102 cm³/mol. The first-order valence-electron chi connectivity index (χ1n) is 9.12. The molecule has 7 heteroatoms. The monoisotopic (exact) mass is 365 g/mol. The number of benzene rings is 1. The van der Waals surface area contributed by atoms with E-state index < -0.39 is 0 Å². The summed E-state index contributed by atoms with van der Waals surface area (Å²) in [5.41, 5.74) is 2.97. The molecule has 0 spiro atoms. The van der Waals surface area contributed by atoms with Gasteiger partial charge in [-0.1, -0.05) is 12.1 Å². The summed E-state index contributed by atoms with van der Waals surface area (Å²) < 4.78 is 7.03. The van der Waals surface area contributed by atoms with Gasteiger partial charge in [0.2, 0.25) is 5.91 Å². The molecule has 1 fully saturated rings. The van der Waals surface area contributed by atoms with Crippen LogP contribution in [-0.4, -0.2) is 63.6 Å². The van der Waals surface area contributed by atoms with E-state index in [2.05, 4.69) is 15.0 Å². The van der Waals surface area contributed by atoms with Crippen LogP contribution >= 0.6 is 0 Å². The second-order valence-electron chi connectivity index (χ2n) is 6.78. The fourth-order valence-corrected chi connectivity index (χ4v) is 3.41. The number of carbonyl (C=O) groups excluding carboxylic acids is 1. The third-order valence-electron chi connectivity index (χ3n) is 4.92. The average Bonchev–Trinajstić information content (AvgIpc) is 3.16. The number of fused-ring (bicyclic) bond motifs is 1. The predicted octanol–water partition coefficient (Wildman–Crippen LogP) is 1.62. The van der Waals surface area contributed by atoms with E-state index in [0.29, 0.717) is 6.42 Å². The molecule has 1 aromatic carbocycles. The Morgan fingerprint density at radius 1 is 1.15 bits per heavy atom. The van der Waals surface area contributed by atoms with E-state index in [1.807, 2.05) is 47.6 Å². The van der Waals surface area contributed by atoms with Gasteiger partial charge in [0.1, 0.15) is 5.75 Å². The lowest BCUT2D eigenvalue weighted by molar-refractivity contribution is -0.132. The van der Waals surface area contributed by atoms with Gasteiger partial charge < -0.3 is 9.64 Å². The fourth-order valence-electron chi connectivity index (χ4n) is 3.41. The van der Waals surface area contributed by atoms with Crippen LogP contribution in [0.2, 0.25) is 0 Å². The Morgan fingerprint density at radius 3 is 2.81 bits per heavy atom. The minimum atomic E-state index is 0.169. The molecule has 0 atom stereocenters. The topological polar surface area (TPSA) is 63.0 Å². The molecular formula is C20H23N5O2. The number of hydrogen-bond donors (Lipinski definition) is 0. The zero-order valence-electron chi connectivity index (χ0n) is 15.4. The lowest BCUT2D eigenvalue weighted by atomic mass is 10.1. The number of hydrogen-bond acceptors (Lipinski definition) is 5. The van der Waals surface area contributed by atoms with E-state index in [-0.39, 0.29) is 5.91 Å². The minimum absolute atomic E-state index is 0.169. The Hall–Kier alpha value is -2.93. The van der Waals surface area contributed by atoms with Crippen LogP contribution in [0.4, 0.5) is 0 Å². The van der Waals surface area contributed by atoms with Gasteiger partial charge in [0.25, 0.3) is 0 Å². The highest BCUT2D eigenvalue weighted by Gasteiger charge is 2.21. The van der Waals surface area contributed by atoms with Crippen LogP contribution in [0.3, 0.4) is 0 Å². The van der Waals surface area contributed by atoms with E-state index in [9.17, 15) is 4.79 Å². The normalized spacial score (nSPS) is 15.2. The van der Waals surface area contributed by atoms with Crippen LogP contribution in [-0.2, 0) is 17.8 Å². The first kappa shape index (κ1) is 17.5. The standard InChI is InChI=1S/C20H23N5O2/c1-27-18-4-2-3-16(11-18)12-20(26)24-9-7-23(8-10-24)14-17-13-21-19-5-6-22-25(19)15-17/h2-6,11,13,15H,7-10,12,14H2,1H3. The first-order chi connectivity index (χ1) is 13.2. The molecule has 0 saturated carbocycles. The highest BCUT2D eigenvalue weighted by molar-refractivity contribution is 5.79. The molecule has 4 rings (SSSR count). The average molecular weight is 365 g/mol. The lowest BCUT2D eigenvalue weighted by Crippen LogP contribution is -2.48. The van der Waals surface area contributed by atoms with Crippen molar-refractivity contribution >= 4 is 11.6 Å². The number of carbonyl (C=O) groups is 1. The van der Waals surface area contributed by atoms with Crippen molar-refractivity contribution in [2.45, 2.75) is 13.0 Å². The van der Waals surface area contributed by atoms with Crippen molar-refractivity contribution in [2.24, 2.45) is 0 Å². The van der Waals surface area contributed by atoms with Crippen LogP contribution < -0.4 is 4.74 Å².